The second-order valence-corrected chi connectivity index (χ2v) is 3.12. The van der Waals surface area contributed by atoms with Gasteiger partial charge >= 0.3 is 12.5 Å². The Balaban J connectivity index is 5.15. The van der Waals surface area contributed by atoms with Gasteiger partial charge in [0.05, 0.1) is 5.57 Å². The van der Waals surface area contributed by atoms with Crippen LogP contribution in [0.4, 0.5) is 26.3 Å². The standard InChI is InChI=1S/C11H10F6O/c1-3-4-5-8(2)6-9(10(12,13)14)7-18-11(15,16)17/h3-7H,1H2,2H3/b5-4+,8-6-,9-7+. The van der Waals surface area contributed by atoms with Crippen LogP contribution >= 0.6 is 0 Å². The molecule has 0 atom stereocenters. The van der Waals surface area contributed by atoms with Crippen molar-refractivity contribution in [3.63, 3.8) is 0 Å². The molecule has 0 radical (unpaired) electrons. The molecule has 0 bridgehead atoms. The lowest BCUT2D eigenvalue weighted by Crippen LogP contribution is -2.14. The SMILES string of the molecule is C=C/C=C/C(C)=C\C(=C/OC(F)(F)F)C(F)(F)F. The van der Waals surface area contributed by atoms with Crippen LogP contribution in [0.15, 0.2) is 48.3 Å². The summed E-state index contributed by atoms with van der Waals surface area (Å²) in [5.74, 6) is 0. The van der Waals surface area contributed by atoms with E-state index in [1.807, 2.05) is 0 Å². The summed E-state index contributed by atoms with van der Waals surface area (Å²) in [4.78, 5) is 0. The number of hydrogen-bond acceptors (Lipinski definition) is 1. The third-order valence-corrected chi connectivity index (χ3v) is 1.53. The average molecular weight is 272 g/mol. The number of allylic oxidation sites excluding steroid dienone is 6. The maximum atomic E-state index is 12.4. The lowest BCUT2D eigenvalue weighted by molar-refractivity contribution is -0.299. The zero-order valence-electron chi connectivity index (χ0n) is 9.27. The van der Waals surface area contributed by atoms with Gasteiger partial charge in [0.15, 0.2) is 0 Å². The second kappa shape index (κ2) is 6.32. The molecule has 0 aliphatic heterocycles. The van der Waals surface area contributed by atoms with Gasteiger partial charge in [0.25, 0.3) is 0 Å². The van der Waals surface area contributed by atoms with Gasteiger partial charge in [0, 0.05) is 0 Å². The fraction of sp³-hybridized carbons (Fsp3) is 0.273. The summed E-state index contributed by atoms with van der Waals surface area (Å²) in [6.07, 6.45) is -5.99. The van der Waals surface area contributed by atoms with Gasteiger partial charge in [-0.3, -0.25) is 0 Å². The highest BCUT2D eigenvalue weighted by atomic mass is 19.4. The molecule has 0 aromatic carbocycles. The Morgan fingerprint density at radius 2 is 1.67 bits per heavy atom. The third kappa shape index (κ3) is 7.59. The molecule has 0 saturated heterocycles. The molecule has 0 N–H and O–H groups in total. The quantitative estimate of drug-likeness (QED) is 0.411. The first kappa shape index (κ1) is 16.3. The molecule has 0 unspecified atom stereocenters. The molecule has 1 nitrogen and oxygen atoms in total. The van der Waals surface area contributed by atoms with Gasteiger partial charge in [-0.15, -0.1) is 13.2 Å². The zero-order valence-corrected chi connectivity index (χ0v) is 9.27. The molecule has 7 heteroatoms. The summed E-state index contributed by atoms with van der Waals surface area (Å²) >= 11 is 0. The van der Waals surface area contributed by atoms with Crippen molar-refractivity contribution in [1.82, 2.24) is 0 Å². The molecule has 0 aromatic heterocycles. The number of halogens is 6. The molecular formula is C11H10F6O. The topological polar surface area (TPSA) is 9.23 Å². The molecule has 0 aliphatic carbocycles. The van der Waals surface area contributed by atoms with Crippen LogP contribution in [-0.2, 0) is 4.74 Å². The minimum absolute atomic E-state index is 0.101. The highest BCUT2D eigenvalue weighted by Gasteiger charge is 2.35. The normalized spacial score (nSPS) is 15.1. The van der Waals surface area contributed by atoms with E-state index in [1.54, 1.807) is 0 Å². The Bertz CT molecular complexity index is 370. The largest absolute Gasteiger partial charge is 0.572 e. The van der Waals surface area contributed by atoms with Gasteiger partial charge in [0.2, 0.25) is 0 Å². The number of alkyl halides is 6. The Hall–Kier alpha value is -1.66. The van der Waals surface area contributed by atoms with E-state index in [0.29, 0.717) is 6.08 Å². The first-order chi connectivity index (χ1) is 8.06. The average Bonchev–Trinajstić information content (AvgIpc) is 2.18. The molecule has 18 heavy (non-hydrogen) atoms. The Kier molecular flexibility index (Phi) is 5.74. The van der Waals surface area contributed by atoms with Crippen molar-refractivity contribution in [3.05, 3.63) is 48.3 Å². The highest BCUT2D eigenvalue weighted by Crippen LogP contribution is 2.29. The monoisotopic (exact) mass is 272 g/mol. The van der Waals surface area contributed by atoms with Crippen molar-refractivity contribution in [2.24, 2.45) is 0 Å². The number of ether oxygens (including phenoxy) is 1. The Labute approximate surface area is 99.7 Å². The van der Waals surface area contributed by atoms with E-state index in [1.165, 1.54) is 25.2 Å². The molecule has 0 rings (SSSR count). The van der Waals surface area contributed by atoms with Crippen LogP contribution in [0, 0.1) is 0 Å². The summed E-state index contributed by atoms with van der Waals surface area (Å²) in [5.41, 5.74) is -1.43. The third-order valence-electron chi connectivity index (χ3n) is 1.53. The van der Waals surface area contributed by atoms with E-state index in [4.69, 9.17) is 0 Å². The van der Waals surface area contributed by atoms with Crippen molar-refractivity contribution >= 4 is 0 Å². The van der Waals surface area contributed by atoms with Gasteiger partial charge in [-0.25, -0.2) is 0 Å². The van der Waals surface area contributed by atoms with Crippen molar-refractivity contribution in [1.29, 1.82) is 0 Å². The van der Waals surface area contributed by atoms with E-state index in [2.05, 4.69) is 11.3 Å². The summed E-state index contributed by atoms with van der Waals surface area (Å²) in [6.45, 7) is 4.60. The number of rotatable bonds is 4. The molecule has 0 heterocycles. The van der Waals surface area contributed by atoms with Crippen LogP contribution in [-0.4, -0.2) is 12.5 Å². The van der Waals surface area contributed by atoms with Gasteiger partial charge in [-0.05, 0) is 13.0 Å². The molecule has 0 aliphatic rings. The summed E-state index contributed by atoms with van der Waals surface area (Å²) in [5, 5.41) is 0. The molecule has 0 amide bonds. The zero-order chi connectivity index (χ0) is 14.4. The van der Waals surface area contributed by atoms with E-state index in [-0.39, 0.29) is 11.8 Å². The minimum Gasteiger partial charge on any atom is -0.413 e. The van der Waals surface area contributed by atoms with Crippen LogP contribution in [0.3, 0.4) is 0 Å². The molecular weight excluding hydrogens is 262 g/mol. The van der Waals surface area contributed by atoms with E-state index in [9.17, 15) is 26.3 Å². The van der Waals surface area contributed by atoms with Crippen molar-refractivity contribution < 1.29 is 31.1 Å². The van der Waals surface area contributed by atoms with Crippen molar-refractivity contribution in [2.45, 2.75) is 19.5 Å². The Morgan fingerprint density at radius 1 is 1.11 bits per heavy atom. The van der Waals surface area contributed by atoms with Gasteiger partial charge < -0.3 is 4.74 Å². The highest BCUT2D eigenvalue weighted by molar-refractivity contribution is 5.31. The molecule has 102 valence electrons. The smallest absolute Gasteiger partial charge is 0.413 e. The maximum Gasteiger partial charge on any atom is 0.572 e. The predicted octanol–water partition coefficient (Wildman–Crippen LogP) is 4.66. The van der Waals surface area contributed by atoms with Crippen molar-refractivity contribution in [3.8, 4) is 0 Å². The molecule has 0 saturated carbocycles. The maximum absolute atomic E-state index is 12.4. The van der Waals surface area contributed by atoms with Crippen LogP contribution in [0.2, 0.25) is 0 Å². The van der Waals surface area contributed by atoms with Crippen LogP contribution < -0.4 is 0 Å². The first-order valence-electron chi connectivity index (χ1n) is 4.55. The van der Waals surface area contributed by atoms with Gasteiger partial charge in [-0.1, -0.05) is 30.4 Å². The van der Waals surface area contributed by atoms with Crippen molar-refractivity contribution in [2.75, 3.05) is 0 Å². The molecule has 0 fully saturated rings. The lowest BCUT2D eigenvalue weighted by atomic mass is 10.1. The van der Waals surface area contributed by atoms with Crippen LogP contribution in [0.25, 0.3) is 0 Å². The fourth-order valence-corrected chi connectivity index (χ4v) is 0.826. The second-order valence-electron chi connectivity index (χ2n) is 3.12. The lowest BCUT2D eigenvalue weighted by Gasteiger charge is -2.10. The summed E-state index contributed by atoms with van der Waals surface area (Å²) < 4.78 is 75.2. The minimum atomic E-state index is -5.16. The predicted molar refractivity (Wildman–Crippen MR) is 54.4 cm³/mol. The first-order valence-corrected chi connectivity index (χ1v) is 4.55. The fourth-order valence-electron chi connectivity index (χ4n) is 0.826. The molecule has 0 aromatic rings. The summed E-state index contributed by atoms with van der Waals surface area (Å²) in [6, 6.07) is 0. The van der Waals surface area contributed by atoms with E-state index >= 15 is 0 Å². The van der Waals surface area contributed by atoms with Crippen LogP contribution in [0.1, 0.15) is 6.92 Å². The van der Waals surface area contributed by atoms with Gasteiger partial charge in [0.1, 0.15) is 6.26 Å². The Morgan fingerprint density at radius 3 is 2.06 bits per heavy atom. The van der Waals surface area contributed by atoms with Crippen LogP contribution in [0.5, 0.6) is 0 Å². The summed E-state index contributed by atoms with van der Waals surface area (Å²) in [7, 11) is 0. The van der Waals surface area contributed by atoms with Gasteiger partial charge in [-0.2, -0.15) is 13.2 Å². The van der Waals surface area contributed by atoms with E-state index in [0.717, 1.165) is 0 Å². The molecule has 0 spiro atoms. The number of hydrogen-bond donors (Lipinski definition) is 0. The van der Waals surface area contributed by atoms with E-state index < -0.39 is 18.1 Å².